The largest absolute Gasteiger partial charge is 0.416 e. The summed E-state index contributed by atoms with van der Waals surface area (Å²) in [6.07, 6.45) is -1.23. The molecule has 0 radical (unpaired) electrons. The van der Waals surface area contributed by atoms with Gasteiger partial charge in [-0.15, -0.1) is 11.3 Å². The van der Waals surface area contributed by atoms with Crippen LogP contribution in [0.4, 0.5) is 24.9 Å². The fourth-order valence-corrected chi connectivity index (χ4v) is 6.53. The number of thiazole rings is 1. The highest BCUT2D eigenvalue weighted by molar-refractivity contribution is 7.21. The van der Waals surface area contributed by atoms with E-state index in [-0.39, 0.29) is 12.0 Å². The van der Waals surface area contributed by atoms with Gasteiger partial charge in [0.15, 0.2) is 0 Å². The normalized spacial score (nSPS) is 23.6. The molecule has 41 heavy (non-hydrogen) atoms. The molecule has 4 aromatic rings. The van der Waals surface area contributed by atoms with Crippen molar-refractivity contribution < 1.29 is 28.5 Å². The van der Waals surface area contributed by atoms with Crippen LogP contribution in [0.15, 0.2) is 42.7 Å². The molecule has 0 aliphatic heterocycles. The van der Waals surface area contributed by atoms with Crippen molar-refractivity contribution in [1.29, 1.82) is 0 Å². The lowest BCUT2D eigenvalue weighted by atomic mass is 9.95. The van der Waals surface area contributed by atoms with Crippen molar-refractivity contribution in [2.24, 2.45) is 5.92 Å². The van der Waals surface area contributed by atoms with Crippen LogP contribution in [0.3, 0.4) is 0 Å². The molecule has 216 valence electrons. The van der Waals surface area contributed by atoms with Gasteiger partial charge in [0.25, 0.3) is 0 Å². The molecule has 0 spiro atoms. The second kappa shape index (κ2) is 10.5. The minimum atomic E-state index is -4.38. The van der Waals surface area contributed by atoms with E-state index in [1.165, 1.54) is 23.5 Å². The number of halogens is 3. The Hall–Kier alpha value is -3.39. The average molecular weight is 587 g/mol. The van der Waals surface area contributed by atoms with Crippen LogP contribution in [0.5, 0.6) is 0 Å². The van der Waals surface area contributed by atoms with Crippen molar-refractivity contribution in [3.8, 4) is 10.6 Å². The van der Waals surface area contributed by atoms with Crippen LogP contribution >= 0.6 is 11.3 Å². The van der Waals surface area contributed by atoms with Crippen LogP contribution in [0, 0.1) is 12.8 Å². The van der Waals surface area contributed by atoms with Crippen molar-refractivity contribution in [3.05, 3.63) is 59.5 Å². The van der Waals surface area contributed by atoms with Gasteiger partial charge >= 0.3 is 6.18 Å². The first-order chi connectivity index (χ1) is 19.6. The van der Waals surface area contributed by atoms with Crippen molar-refractivity contribution in [2.75, 3.05) is 23.8 Å². The first kappa shape index (κ1) is 27.8. The molecule has 2 saturated carbocycles. The Bertz CT molecular complexity index is 1530. The van der Waals surface area contributed by atoms with Gasteiger partial charge in [-0.05, 0) is 49.9 Å². The molecule has 3 heterocycles. The summed E-state index contributed by atoms with van der Waals surface area (Å²) in [5, 5.41) is 37.9. The Morgan fingerprint density at radius 3 is 2.44 bits per heavy atom. The lowest BCUT2D eigenvalue weighted by Crippen LogP contribution is -2.36. The second-order valence-electron chi connectivity index (χ2n) is 10.8. The van der Waals surface area contributed by atoms with E-state index >= 15 is 0 Å². The van der Waals surface area contributed by atoms with Crippen molar-refractivity contribution in [3.63, 3.8) is 0 Å². The van der Waals surface area contributed by atoms with E-state index in [4.69, 9.17) is 9.97 Å². The molecular formula is C28H29F3N6O3S. The summed E-state index contributed by atoms with van der Waals surface area (Å²) in [5.41, 5.74) is 1.84. The third-order valence-electron chi connectivity index (χ3n) is 8.12. The molecule has 3 aromatic heterocycles. The van der Waals surface area contributed by atoms with Gasteiger partial charge in [-0.3, -0.25) is 4.98 Å². The summed E-state index contributed by atoms with van der Waals surface area (Å²) in [7, 11) is 0. The first-order valence-electron chi connectivity index (χ1n) is 13.3. The van der Waals surface area contributed by atoms with Crippen molar-refractivity contribution in [2.45, 2.75) is 56.0 Å². The van der Waals surface area contributed by atoms with Crippen LogP contribution in [-0.2, 0) is 11.6 Å². The molecule has 6 rings (SSSR count). The van der Waals surface area contributed by atoms with Gasteiger partial charge in [-0.25, -0.2) is 9.97 Å². The third kappa shape index (κ3) is 5.34. The molecule has 0 saturated heterocycles. The van der Waals surface area contributed by atoms with E-state index < -0.39 is 35.9 Å². The van der Waals surface area contributed by atoms with Gasteiger partial charge < -0.3 is 26.0 Å². The lowest BCUT2D eigenvalue weighted by Gasteiger charge is -2.22. The Kier molecular flexibility index (Phi) is 7.09. The molecule has 9 nitrogen and oxygen atoms in total. The second-order valence-corrected chi connectivity index (χ2v) is 11.9. The number of hydrogen-bond acceptors (Lipinski definition) is 10. The third-order valence-corrected chi connectivity index (χ3v) is 9.17. The van der Waals surface area contributed by atoms with Gasteiger partial charge in [0.1, 0.15) is 22.4 Å². The maximum absolute atomic E-state index is 13.0. The SMILES string of the molecule is Cc1nc(NCC2(c3ccc(C(F)(F)F)cc3)CC2)nc(NC2C[C@H](CO)[C@@H](O)[C@H]2O)c1-c1nc2cnccc2s1. The molecule has 1 aromatic carbocycles. The summed E-state index contributed by atoms with van der Waals surface area (Å²) in [6, 6.07) is 6.59. The van der Waals surface area contributed by atoms with Crippen LogP contribution in [0.25, 0.3) is 20.8 Å². The van der Waals surface area contributed by atoms with Crippen molar-refractivity contribution in [1.82, 2.24) is 19.9 Å². The van der Waals surface area contributed by atoms with E-state index in [2.05, 4.69) is 20.6 Å². The molecular weight excluding hydrogens is 557 g/mol. The summed E-state index contributed by atoms with van der Waals surface area (Å²) in [4.78, 5) is 18.3. The zero-order valence-corrected chi connectivity index (χ0v) is 22.9. The number of benzene rings is 1. The Morgan fingerprint density at radius 1 is 1.05 bits per heavy atom. The number of fused-ring (bicyclic) bond motifs is 1. The molecule has 2 aliphatic rings. The highest BCUT2D eigenvalue weighted by Crippen LogP contribution is 2.48. The highest BCUT2D eigenvalue weighted by atomic mass is 32.1. The Morgan fingerprint density at radius 2 is 1.80 bits per heavy atom. The van der Waals surface area contributed by atoms with Crippen LogP contribution < -0.4 is 10.6 Å². The highest BCUT2D eigenvalue weighted by Gasteiger charge is 2.45. The average Bonchev–Trinajstić information content (AvgIpc) is 3.55. The number of nitrogens with zero attached hydrogens (tertiary/aromatic N) is 4. The Labute approximate surface area is 237 Å². The summed E-state index contributed by atoms with van der Waals surface area (Å²) in [6.45, 7) is 2.01. The quantitative estimate of drug-likeness (QED) is 0.206. The monoisotopic (exact) mass is 586 g/mol. The first-order valence-corrected chi connectivity index (χ1v) is 14.1. The van der Waals surface area contributed by atoms with Crippen molar-refractivity contribution >= 4 is 33.3 Å². The summed E-state index contributed by atoms with van der Waals surface area (Å²) >= 11 is 1.45. The number of aliphatic hydroxyl groups excluding tert-OH is 3. The molecule has 0 bridgehead atoms. The zero-order chi connectivity index (χ0) is 28.9. The molecule has 2 fully saturated rings. The molecule has 2 aliphatic carbocycles. The fourth-order valence-electron chi connectivity index (χ4n) is 5.50. The van der Waals surface area contributed by atoms with Gasteiger partial charge in [-0.1, -0.05) is 12.1 Å². The predicted molar refractivity (Wildman–Crippen MR) is 149 cm³/mol. The van der Waals surface area contributed by atoms with Gasteiger partial charge in [0.05, 0.1) is 39.9 Å². The lowest BCUT2D eigenvalue weighted by molar-refractivity contribution is -0.137. The number of alkyl halides is 3. The predicted octanol–water partition coefficient (Wildman–Crippen LogP) is 4.13. The number of pyridine rings is 1. The smallest absolute Gasteiger partial charge is 0.396 e. The minimum Gasteiger partial charge on any atom is -0.396 e. The maximum atomic E-state index is 13.0. The summed E-state index contributed by atoms with van der Waals surface area (Å²) < 4.78 is 40.1. The van der Waals surface area contributed by atoms with E-state index in [9.17, 15) is 28.5 Å². The minimum absolute atomic E-state index is 0.254. The van der Waals surface area contributed by atoms with Crippen LogP contribution in [0.1, 0.15) is 36.1 Å². The molecule has 4 atom stereocenters. The topological polar surface area (TPSA) is 136 Å². The van der Waals surface area contributed by atoms with E-state index in [1.54, 1.807) is 12.4 Å². The number of aryl methyl sites for hydroxylation is 1. The van der Waals surface area contributed by atoms with Crippen LogP contribution in [-0.4, -0.2) is 66.7 Å². The molecule has 13 heteroatoms. The number of rotatable bonds is 8. The van der Waals surface area contributed by atoms with E-state index in [1.807, 2.05) is 13.0 Å². The molecule has 1 unspecified atom stereocenters. The van der Waals surface area contributed by atoms with E-state index in [0.717, 1.165) is 40.8 Å². The Balaban J connectivity index is 1.30. The number of aromatic nitrogens is 4. The summed E-state index contributed by atoms with van der Waals surface area (Å²) in [5.74, 6) is 0.265. The van der Waals surface area contributed by atoms with Crippen LogP contribution in [0.2, 0.25) is 0 Å². The number of nitrogens with one attached hydrogen (secondary N) is 2. The fraction of sp³-hybridized carbons (Fsp3) is 0.429. The van der Waals surface area contributed by atoms with Gasteiger partial charge in [0, 0.05) is 30.7 Å². The van der Waals surface area contributed by atoms with Gasteiger partial charge in [0.2, 0.25) is 5.95 Å². The molecule has 5 N–H and O–H groups in total. The maximum Gasteiger partial charge on any atom is 0.416 e. The number of hydrogen-bond donors (Lipinski definition) is 5. The standard InChI is InChI=1S/C28H29F3N6O3S/c1-14-21(25-36-19-11-32-9-6-20(19)41-25)24(35-18-10-15(12-38)22(39)23(18)40)37-26(34-14)33-13-27(7-8-27)16-2-4-17(5-3-16)28(29,30)31/h2-6,9,11,15,18,22-23,38-40H,7-8,10,12-13H2,1H3,(H2,33,34,35,37)/t15-,18?,22-,23+/m1/s1. The molecule has 0 amide bonds. The van der Waals surface area contributed by atoms with Gasteiger partial charge in [-0.2, -0.15) is 18.2 Å². The number of anilines is 2. The van der Waals surface area contributed by atoms with E-state index in [0.29, 0.717) is 41.0 Å². The zero-order valence-electron chi connectivity index (χ0n) is 22.1. The number of aliphatic hydroxyl groups is 3.